The van der Waals surface area contributed by atoms with Crippen molar-refractivity contribution in [1.82, 2.24) is 0 Å². The molecule has 0 unspecified atom stereocenters. The van der Waals surface area contributed by atoms with Crippen LogP contribution in [0, 0.1) is 5.92 Å². The quantitative estimate of drug-likeness (QED) is 0.372. The van der Waals surface area contributed by atoms with Gasteiger partial charge in [-0.2, -0.15) is 0 Å². The maximum Gasteiger partial charge on any atom is -0.0233 e. The van der Waals surface area contributed by atoms with Crippen molar-refractivity contribution in [2.45, 2.75) is 59.3 Å². The molecular formula is C14H26. The van der Waals surface area contributed by atoms with Gasteiger partial charge in [-0.3, -0.25) is 0 Å². The Morgan fingerprint density at radius 1 is 1.14 bits per heavy atom. The molecule has 0 saturated heterocycles. The van der Waals surface area contributed by atoms with Crippen LogP contribution in [0.4, 0.5) is 0 Å². The molecule has 0 fully saturated rings. The fraction of sp³-hybridized carbons (Fsp3) is 0.714. The van der Waals surface area contributed by atoms with Crippen LogP contribution in [0.1, 0.15) is 59.3 Å². The summed E-state index contributed by atoms with van der Waals surface area (Å²) in [5.41, 5.74) is 1.45. The van der Waals surface area contributed by atoms with Gasteiger partial charge in [0.2, 0.25) is 0 Å². The molecule has 0 N–H and O–H groups in total. The number of allylic oxidation sites excluding steroid dienone is 3. The van der Waals surface area contributed by atoms with Gasteiger partial charge >= 0.3 is 0 Å². The van der Waals surface area contributed by atoms with E-state index in [0.717, 1.165) is 5.92 Å². The predicted octanol–water partition coefficient (Wildman–Crippen LogP) is 5.12. The minimum absolute atomic E-state index is 0.754. The summed E-state index contributed by atoms with van der Waals surface area (Å²) in [6.45, 7) is 10.7. The predicted molar refractivity (Wildman–Crippen MR) is 66.5 cm³/mol. The van der Waals surface area contributed by atoms with Gasteiger partial charge in [0.25, 0.3) is 0 Å². The first-order valence-corrected chi connectivity index (χ1v) is 6.11. The minimum Gasteiger partial charge on any atom is -0.0988 e. The molecule has 0 rings (SSSR count). The zero-order valence-corrected chi connectivity index (χ0v) is 10.2. The zero-order chi connectivity index (χ0) is 10.8. The van der Waals surface area contributed by atoms with Crippen molar-refractivity contribution in [3.8, 4) is 0 Å². The normalized spacial score (nSPS) is 12.1. The van der Waals surface area contributed by atoms with Gasteiger partial charge in [-0.1, -0.05) is 57.9 Å². The van der Waals surface area contributed by atoms with Gasteiger partial charge in [0.15, 0.2) is 0 Å². The van der Waals surface area contributed by atoms with E-state index in [0.29, 0.717) is 0 Å². The maximum atomic E-state index is 3.89. The number of rotatable bonds is 8. The summed E-state index contributed by atoms with van der Waals surface area (Å²) < 4.78 is 0. The fourth-order valence-corrected chi connectivity index (χ4v) is 1.66. The van der Waals surface area contributed by atoms with Crippen molar-refractivity contribution < 1.29 is 0 Å². The van der Waals surface area contributed by atoms with E-state index in [2.05, 4.69) is 33.4 Å². The lowest BCUT2D eigenvalue weighted by Crippen LogP contribution is -1.93. The first-order chi connectivity index (χ1) is 6.78. The molecule has 0 amide bonds. The highest BCUT2D eigenvalue weighted by molar-refractivity contribution is 5.17. The van der Waals surface area contributed by atoms with Crippen LogP contribution in [-0.2, 0) is 0 Å². The first kappa shape index (κ1) is 13.5. The van der Waals surface area contributed by atoms with E-state index >= 15 is 0 Å². The van der Waals surface area contributed by atoms with Crippen molar-refractivity contribution in [1.29, 1.82) is 0 Å². The van der Waals surface area contributed by atoms with Gasteiger partial charge in [0.1, 0.15) is 0 Å². The lowest BCUT2D eigenvalue weighted by Gasteiger charge is -2.09. The molecule has 0 atom stereocenters. The molecule has 0 bridgehead atoms. The van der Waals surface area contributed by atoms with Crippen molar-refractivity contribution in [2.75, 3.05) is 0 Å². The summed E-state index contributed by atoms with van der Waals surface area (Å²) in [6.07, 6.45) is 12.1. The Labute approximate surface area is 90.1 Å². The summed E-state index contributed by atoms with van der Waals surface area (Å²) in [5, 5.41) is 0. The van der Waals surface area contributed by atoms with Gasteiger partial charge in [-0.25, -0.2) is 0 Å². The molecule has 0 aliphatic heterocycles. The highest BCUT2D eigenvalue weighted by atomic mass is 14.1. The maximum absolute atomic E-state index is 3.89. The Morgan fingerprint density at radius 2 is 1.79 bits per heavy atom. The van der Waals surface area contributed by atoms with E-state index in [1.54, 1.807) is 0 Å². The van der Waals surface area contributed by atoms with Crippen LogP contribution in [0.2, 0.25) is 0 Å². The zero-order valence-electron chi connectivity index (χ0n) is 10.2. The van der Waals surface area contributed by atoms with E-state index < -0.39 is 0 Å². The summed E-state index contributed by atoms with van der Waals surface area (Å²) in [7, 11) is 0. The van der Waals surface area contributed by atoms with Crippen molar-refractivity contribution in [2.24, 2.45) is 5.92 Å². The standard InChI is InChI=1S/C14H26/c1-5-9-10-11-14(8-4)12-13(6-2)7-3/h8,12-13H,4-7,9-11H2,1-3H3. The molecule has 82 valence electrons. The lowest BCUT2D eigenvalue weighted by atomic mass is 9.97. The van der Waals surface area contributed by atoms with Crippen LogP contribution in [0.3, 0.4) is 0 Å². The molecule has 0 aromatic carbocycles. The van der Waals surface area contributed by atoms with Gasteiger partial charge in [0.05, 0.1) is 0 Å². The summed E-state index contributed by atoms with van der Waals surface area (Å²) in [6, 6.07) is 0. The van der Waals surface area contributed by atoms with Crippen molar-refractivity contribution in [3.63, 3.8) is 0 Å². The minimum atomic E-state index is 0.754. The average molecular weight is 194 g/mol. The third-order valence-electron chi connectivity index (χ3n) is 2.83. The summed E-state index contributed by atoms with van der Waals surface area (Å²) in [4.78, 5) is 0. The second kappa shape index (κ2) is 9.05. The molecule has 0 aliphatic carbocycles. The monoisotopic (exact) mass is 194 g/mol. The molecule has 14 heavy (non-hydrogen) atoms. The van der Waals surface area contributed by atoms with E-state index in [1.807, 2.05) is 6.08 Å². The van der Waals surface area contributed by atoms with Crippen molar-refractivity contribution in [3.05, 3.63) is 24.3 Å². The second-order valence-electron chi connectivity index (χ2n) is 3.98. The van der Waals surface area contributed by atoms with E-state index in [-0.39, 0.29) is 0 Å². The highest BCUT2D eigenvalue weighted by Gasteiger charge is 2.00. The Morgan fingerprint density at radius 3 is 2.21 bits per heavy atom. The summed E-state index contributed by atoms with van der Waals surface area (Å²) in [5.74, 6) is 0.754. The van der Waals surface area contributed by atoms with Crippen LogP contribution in [0.25, 0.3) is 0 Å². The van der Waals surface area contributed by atoms with Crippen LogP contribution < -0.4 is 0 Å². The van der Waals surface area contributed by atoms with Gasteiger partial charge in [0, 0.05) is 0 Å². The molecule has 0 saturated carbocycles. The average Bonchev–Trinajstić information content (AvgIpc) is 2.23. The van der Waals surface area contributed by atoms with E-state index in [1.165, 1.54) is 44.1 Å². The van der Waals surface area contributed by atoms with Gasteiger partial charge in [-0.05, 0) is 31.6 Å². The van der Waals surface area contributed by atoms with Crippen molar-refractivity contribution >= 4 is 0 Å². The Hall–Kier alpha value is -0.520. The van der Waals surface area contributed by atoms with E-state index in [9.17, 15) is 0 Å². The van der Waals surface area contributed by atoms with E-state index in [4.69, 9.17) is 0 Å². The molecule has 0 heterocycles. The lowest BCUT2D eigenvalue weighted by molar-refractivity contribution is 0.598. The number of hydrogen-bond donors (Lipinski definition) is 0. The topological polar surface area (TPSA) is 0 Å². The molecular weight excluding hydrogens is 168 g/mol. The SMILES string of the molecule is C=CC(=CC(CC)CC)CCCCC. The first-order valence-electron chi connectivity index (χ1n) is 6.11. The molecule has 0 spiro atoms. The van der Waals surface area contributed by atoms with Gasteiger partial charge in [-0.15, -0.1) is 0 Å². The van der Waals surface area contributed by atoms with Crippen LogP contribution in [0.15, 0.2) is 24.3 Å². The Bertz CT molecular complexity index is 161. The number of unbranched alkanes of at least 4 members (excludes halogenated alkanes) is 2. The molecule has 0 radical (unpaired) electrons. The molecule has 0 aromatic heterocycles. The molecule has 0 aromatic rings. The fourth-order valence-electron chi connectivity index (χ4n) is 1.66. The largest absolute Gasteiger partial charge is 0.0988 e. The summed E-state index contributed by atoms with van der Waals surface area (Å²) >= 11 is 0. The van der Waals surface area contributed by atoms with Gasteiger partial charge < -0.3 is 0 Å². The second-order valence-corrected chi connectivity index (χ2v) is 3.98. The third kappa shape index (κ3) is 6.01. The molecule has 0 nitrogen and oxygen atoms in total. The van der Waals surface area contributed by atoms with Crippen LogP contribution in [0.5, 0.6) is 0 Å². The Balaban J connectivity index is 4.02. The molecule has 0 heteroatoms. The molecule has 0 aliphatic rings. The smallest absolute Gasteiger partial charge is 0.0233 e. The highest BCUT2D eigenvalue weighted by Crippen LogP contribution is 2.17. The number of hydrogen-bond acceptors (Lipinski definition) is 0. The Kier molecular flexibility index (Phi) is 8.72. The van der Waals surface area contributed by atoms with Crippen LogP contribution >= 0.6 is 0 Å². The third-order valence-corrected chi connectivity index (χ3v) is 2.83. The van der Waals surface area contributed by atoms with Crippen LogP contribution in [-0.4, -0.2) is 0 Å².